The average molecular weight is 352 g/mol. The molecule has 20 heavy (non-hydrogen) atoms. The first-order valence-corrected chi connectivity index (χ1v) is 7.77. The van der Waals surface area contributed by atoms with Crippen molar-refractivity contribution in [2.24, 2.45) is 0 Å². The van der Waals surface area contributed by atoms with Gasteiger partial charge in [0.25, 0.3) is 0 Å². The molecule has 0 aliphatic rings. The van der Waals surface area contributed by atoms with E-state index in [9.17, 15) is 4.39 Å². The maximum Gasteiger partial charge on any atom is 0.138 e. The Balaban J connectivity index is 1.68. The molecule has 0 aliphatic heterocycles. The minimum Gasteiger partial charge on any atom is -0.369 e. The SMILES string of the molecule is Fc1ccc(CCNc2ncnc3sccc23)cc1Br. The molecule has 0 bridgehead atoms. The van der Waals surface area contributed by atoms with Crippen LogP contribution < -0.4 is 5.32 Å². The fraction of sp³-hybridized carbons (Fsp3) is 0.143. The first-order valence-electron chi connectivity index (χ1n) is 6.10. The van der Waals surface area contributed by atoms with E-state index < -0.39 is 0 Å². The van der Waals surface area contributed by atoms with Crippen molar-refractivity contribution in [3.63, 3.8) is 0 Å². The lowest BCUT2D eigenvalue weighted by atomic mass is 10.1. The topological polar surface area (TPSA) is 37.8 Å². The van der Waals surface area contributed by atoms with Crippen LogP contribution in [0.4, 0.5) is 10.2 Å². The second-order valence-corrected chi connectivity index (χ2v) is 6.04. The van der Waals surface area contributed by atoms with Gasteiger partial charge in [-0.25, -0.2) is 14.4 Å². The Labute approximate surface area is 128 Å². The van der Waals surface area contributed by atoms with Crippen molar-refractivity contribution in [1.29, 1.82) is 0 Å². The van der Waals surface area contributed by atoms with Crippen molar-refractivity contribution in [3.8, 4) is 0 Å². The number of rotatable bonds is 4. The number of fused-ring (bicyclic) bond motifs is 1. The van der Waals surface area contributed by atoms with Crippen molar-refractivity contribution < 1.29 is 4.39 Å². The van der Waals surface area contributed by atoms with Gasteiger partial charge in [0.2, 0.25) is 0 Å². The van der Waals surface area contributed by atoms with Gasteiger partial charge in [-0.05, 0) is 51.5 Å². The second kappa shape index (κ2) is 5.85. The predicted octanol–water partition coefficient (Wildman–Crippen LogP) is 4.25. The lowest BCUT2D eigenvalue weighted by Gasteiger charge is -2.07. The molecule has 0 radical (unpaired) electrons. The Morgan fingerprint density at radius 2 is 2.15 bits per heavy atom. The van der Waals surface area contributed by atoms with Gasteiger partial charge in [0.1, 0.15) is 22.8 Å². The zero-order valence-electron chi connectivity index (χ0n) is 10.4. The van der Waals surface area contributed by atoms with E-state index in [2.05, 4.69) is 31.2 Å². The normalized spacial score (nSPS) is 10.9. The van der Waals surface area contributed by atoms with Crippen LogP contribution in [0.1, 0.15) is 5.56 Å². The first-order chi connectivity index (χ1) is 9.74. The zero-order chi connectivity index (χ0) is 13.9. The summed E-state index contributed by atoms with van der Waals surface area (Å²) in [6.45, 7) is 0.736. The summed E-state index contributed by atoms with van der Waals surface area (Å²) in [4.78, 5) is 9.44. The molecule has 0 spiro atoms. The summed E-state index contributed by atoms with van der Waals surface area (Å²) >= 11 is 4.79. The van der Waals surface area contributed by atoms with E-state index in [-0.39, 0.29) is 5.82 Å². The number of hydrogen-bond donors (Lipinski definition) is 1. The van der Waals surface area contributed by atoms with Crippen molar-refractivity contribution in [1.82, 2.24) is 9.97 Å². The van der Waals surface area contributed by atoms with Gasteiger partial charge in [0.15, 0.2) is 0 Å². The maximum atomic E-state index is 13.1. The summed E-state index contributed by atoms with van der Waals surface area (Å²) in [5, 5.41) is 6.34. The van der Waals surface area contributed by atoms with E-state index >= 15 is 0 Å². The summed E-state index contributed by atoms with van der Waals surface area (Å²) in [5.74, 6) is 0.606. The van der Waals surface area contributed by atoms with Crippen LogP contribution in [0.15, 0.2) is 40.4 Å². The molecule has 0 aliphatic carbocycles. The molecule has 0 saturated carbocycles. The summed E-state index contributed by atoms with van der Waals surface area (Å²) in [6, 6.07) is 7.08. The number of thiophene rings is 1. The predicted molar refractivity (Wildman–Crippen MR) is 83.7 cm³/mol. The van der Waals surface area contributed by atoms with E-state index in [4.69, 9.17) is 0 Å². The smallest absolute Gasteiger partial charge is 0.138 e. The number of benzene rings is 1. The largest absolute Gasteiger partial charge is 0.369 e. The molecular formula is C14H11BrFN3S. The van der Waals surface area contributed by atoms with Gasteiger partial charge in [-0.15, -0.1) is 11.3 Å². The van der Waals surface area contributed by atoms with Crippen LogP contribution in [0.3, 0.4) is 0 Å². The van der Waals surface area contributed by atoms with E-state index in [0.29, 0.717) is 4.47 Å². The van der Waals surface area contributed by atoms with E-state index in [0.717, 1.165) is 34.6 Å². The molecule has 0 amide bonds. The third-order valence-electron chi connectivity index (χ3n) is 2.95. The van der Waals surface area contributed by atoms with E-state index in [1.54, 1.807) is 29.8 Å². The molecule has 6 heteroatoms. The van der Waals surface area contributed by atoms with Crippen molar-refractivity contribution in [2.75, 3.05) is 11.9 Å². The van der Waals surface area contributed by atoms with Crippen molar-refractivity contribution in [3.05, 3.63) is 51.8 Å². The summed E-state index contributed by atoms with van der Waals surface area (Å²) in [5.41, 5.74) is 1.07. The number of halogens is 2. The second-order valence-electron chi connectivity index (χ2n) is 4.29. The van der Waals surface area contributed by atoms with Gasteiger partial charge in [-0.1, -0.05) is 6.07 Å². The minimum atomic E-state index is -0.238. The highest BCUT2D eigenvalue weighted by Crippen LogP contribution is 2.23. The van der Waals surface area contributed by atoms with Gasteiger partial charge in [0.05, 0.1) is 9.86 Å². The van der Waals surface area contributed by atoms with Crippen LogP contribution in [0.5, 0.6) is 0 Å². The minimum absolute atomic E-state index is 0.238. The number of nitrogens with one attached hydrogen (secondary N) is 1. The van der Waals surface area contributed by atoms with Crippen LogP contribution >= 0.6 is 27.3 Å². The van der Waals surface area contributed by atoms with Gasteiger partial charge in [0, 0.05) is 6.54 Å². The molecule has 0 unspecified atom stereocenters. The molecule has 1 aromatic carbocycles. The maximum absolute atomic E-state index is 13.1. The van der Waals surface area contributed by atoms with Crippen LogP contribution in [0, 0.1) is 5.82 Å². The highest BCUT2D eigenvalue weighted by Gasteiger charge is 2.04. The summed E-state index contributed by atoms with van der Waals surface area (Å²) in [7, 11) is 0. The summed E-state index contributed by atoms with van der Waals surface area (Å²) < 4.78 is 13.6. The Kier molecular flexibility index (Phi) is 3.93. The van der Waals surface area contributed by atoms with Gasteiger partial charge in [-0.2, -0.15) is 0 Å². The van der Waals surface area contributed by atoms with E-state index in [1.165, 1.54) is 6.07 Å². The molecule has 3 rings (SSSR count). The fourth-order valence-corrected chi connectivity index (χ4v) is 3.11. The Hall–Kier alpha value is -1.53. The standard InChI is InChI=1S/C14H11BrFN3S/c15-11-7-9(1-2-12(11)16)3-5-17-13-10-4-6-20-14(10)19-8-18-13/h1-2,4,6-8H,3,5H2,(H,17,18,19). The molecule has 0 fully saturated rings. The lowest BCUT2D eigenvalue weighted by Crippen LogP contribution is -2.06. The molecule has 2 aromatic heterocycles. The number of anilines is 1. The molecule has 0 saturated heterocycles. The molecule has 0 atom stereocenters. The highest BCUT2D eigenvalue weighted by molar-refractivity contribution is 9.10. The lowest BCUT2D eigenvalue weighted by molar-refractivity contribution is 0.620. The molecule has 2 heterocycles. The molecule has 3 nitrogen and oxygen atoms in total. The van der Waals surface area contributed by atoms with Crippen LogP contribution in [-0.4, -0.2) is 16.5 Å². The molecular weight excluding hydrogens is 341 g/mol. The van der Waals surface area contributed by atoms with Crippen molar-refractivity contribution in [2.45, 2.75) is 6.42 Å². The monoisotopic (exact) mass is 351 g/mol. The van der Waals surface area contributed by atoms with Crippen LogP contribution in [0.25, 0.3) is 10.2 Å². The first kappa shape index (κ1) is 13.5. The van der Waals surface area contributed by atoms with Gasteiger partial charge < -0.3 is 5.32 Å². The van der Waals surface area contributed by atoms with E-state index in [1.807, 2.05) is 11.4 Å². The quantitative estimate of drug-likeness (QED) is 0.763. The van der Waals surface area contributed by atoms with Gasteiger partial charge >= 0.3 is 0 Å². The molecule has 3 aromatic rings. The number of hydrogen-bond acceptors (Lipinski definition) is 4. The van der Waals surface area contributed by atoms with Crippen LogP contribution in [-0.2, 0) is 6.42 Å². The Morgan fingerprint density at radius 3 is 3.00 bits per heavy atom. The fourth-order valence-electron chi connectivity index (χ4n) is 1.95. The zero-order valence-corrected chi connectivity index (χ0v) is 12.8. The molecule has 1 N–H and O–H groups in total. The Bertz CT molecular complexity index is 744. The average Bonchev–Trinajstić information content (AvgIpc) is 2.92. The van der Waals surface area contributed by atoms with Crippen LogP contribution in [0.2, 0.25) is 0 Å². The summed E-state index contributed by atoms with van der Waals surface area (Å²) in [6.07, 6.45) is 2.37. The number of nitrogens with zero attached hydrogens (tertiary/aromatic N) is 2. The van der Waals surface area contributed by atoms with Crippen molar-refractivity contribution >= 4 is 43.3 Å². The highest BCUT2D eigenvalue weighted by atomic mass is 79.9. The third kappa shape index (κ3) is 2.81. The molecule has 102 valence electrons. The third-order valence-corrected chi connectivity index (χ3v) is 4.38. The number of aromatic nitrogens is 2. The Morgan fingerprint density at radius 1 is 1.25 bits per heavy atom. The van der Waals surface area contributed by atoms with Gasteiger partial charge in [-0.3, -0.25) is 0 Å².